The maximum atomic E-state index is 13.1. The molecule has 176 valence electrons. The van der Waals surface area contributed by atoms with Crippen LogP contribution in [-0.2, 0) is 21.2 Å². The number of rotatable bonds is 9. The van der Waals surface area contributed by atoms with Crippen LogP contribution in [0.5, 0.6) is 0 Å². The molecule has 0 aromatic heterocycles. The molecule has 2 amide bonds. The lowest BCUT2D eigenvalue weighted by Crippen LogP contribution is -2.48. The molecule has 9 heteroatoms. The average Bonchev–Trinajstić information content (AvgIpc) is 3.64. The van der Waals surface area contributed by atoms with Gasteiger partial charge in [0.15, 0.2) is 0 Å². The smallest absolute Gasteiger partial charge is 0.261 e. The summed E-state index contributed by atoms with van der Waals surface area (Å²) >= 11 is 0. The van der Waals surface area contributed by atoms with Crippen molar-refractivity contribution in [1.82, 2.24) is 10.6 Å². The minimum absolute atomic E-state index is 0.0823. The third-order valence-corrected chi connectivity index (χ3v) is 6.75. The van der Waals surface area contributed by atoms with Crippen LogP contribution in [0.4, 0.5) is 10.1 Å². The molecule has 4 rings (SSSR count). The SMILES string of the molecule is O=C(NC(Cc1ccccc1)C(=O)NC1CC1)c1ccc(NS(=O)(=O)c2ccc(F)cc2)cc1. The van der Waals surface area contributed by atoms with Gasteiger partial charge in [-0.1, -0.05) is 30.3 Å². The highest BCUT2D eigenvalue weighted by Gasteiger charge is 2.28. The molecule has 1 atom stereocenters. The van der Waals surface area contributed by atoms with Crippen LogP contribution in [0.15, 0.2) is 83.8 Å². The van der Waals surface area contributed by atoms with E-state index in [-0.39, 0.29) is 28.1 Å². The zero-order valence-electron chi connectivity index (χ0n) is 18.2. The molecule has 0 saturated heterocycles. The van der Waals surface area contributed by atoms with E-state index in [2.05, 4.69) is 15.4 Å². The lowest BCUT2D eigenvalue weighted by atomic mass is 10.0. The first-order chi connectivity index (χ1) is 16.3. The third-order valence-electron chi connectivity index (χ3n) is 5.35. The molecule has 0 spiro atoms. The Balaban J connectivity index is 1.43. The van der Waals surface area contributed by atoms with Crippen molar-refractivity contribution in [2.45, 2.75) is 36.2 Å². The van der Waals surface area contributed by atoms with Crippen molar-refractivity contribution in [2.75, 3.05) is 4.72 Å². The van der Waals surface area contributed by atoms with Crippen LogP contribution in [0.3, 0.4) is 0 Å². The number of hydrogen-bond donors (Lipinski definition) is 3. The summed E-state index contributed by atoms with van der Waals surface area (Å²) in [6, 6.07) is 19.1. The Hall–Kier alpha value is -3.72. The predicted molar refractivity (Wildman–Crippen MR) is 126 cm³/mol. The van der Waals surface area contributed by atoms with Gasteiger partial charge >= 0.3 is 0 Å². The highest BCUT2D eigenvalue weighted by Crippen LogP contribution is 2.20. The summed E-state index contributed by atoms with van der Waals surface area (Å²) in [4.78, 5) is 25.5. The Morgan fingerprint density at radius 1 is 0.912 bits per heavy atom. The first-order valence-electron chi connectivity index (χ1n) is 10.8. The van der Waals surface area contributed by atoms with E-state index < -0.39 is 27.8 Å². The summed E-state index contributed by atoms with van der Waals surface area (Å²) in [6.07, 6.45) is 2.22. The monoisotopic (exact) mass is 481 g/mol. The van der Waals surface area contributed by atoms with Crippen molar-refractivity contribution in [3.05, 3.63) is 95.8 Å². The number of nitrogens with one attached hydrogen (secondary N) is 3. The summed E-state index contributed by atoms with van der Waals surface area (Å²) in [5, 5.41) is 5.72. The highest BCUT2D eigenvalue weighted by molar-refractivity contribution is 7.92. The number of anilines is 1. The van der Waals surface area contributed by atoms with E-state index in [0.29, 0.717) is 6.42 Å². The molecular formula is C25H24FN3O4S. The molecule has 0 heterocycles. The summed E-state index contributed by atoms with van der Waals surface area (Å²) in [6.45, 7) is 0. The number of carbonyl (C=O) groups is 2. The van der Waals surface area contributed by atoms with Gasteiger partial charge in [0.25, 0.3) is 15.9 Å². The van der Waals surface area contributed by atoms with Gasteiger partial charge in [-0.3, -0.25) is 14.3 Å². The van der Waals surface area contributed by atoms with Gasteiger partial charge in [0.05, 0.1) is 4.90 Å². The Morgan fingerprint density at radius 2 is 1.56 bits per heavy atom. The summed E-state index contributed by atoms with van der Waals surface area (Å²) in [5.74, 6) is -1.21. The number of amides is 2. The maximum absolute atomic E-state index is 13.1. The molecule has 0 radical (unpaired) electrons. The van der Waals surface area contributed by atoms with Gasteiger partial charge in [-0.2, -0.15) is 0 Å². The van der Waals surface area contributed by atoms with Crippen LogP contribution in [-0.4, -0.2) is 32.3 Å². The normalized spacial score (nSPS) is 14.1. The molecule has 3 aromatic carbocycles. The minimum Gasteiger partial charge on any atom is -0.352 e. The van der Waals surface area contributed by atoms with Gasteiger partial charge in [-0.25, -0.2) is 12.8 Å². The highest BCUT2D eigenvalue weighted by atomic mass is 32.2. The molecule has 1 fully saturated rings. The van der Waals surface area contributed by atoms with Gasteiger partial charge < -0.3 is 10.6 Å². The second kappa shape index (κ2) is 10.0. The Bertz CT molecular complexity index is 1260. The number of carbonyl (C=O) groups excluding carboxylic acids is 2. The van der Waals surface area contributed by atoms with Crippen molar-refractivity contribution in [1.29, 1.82) is 0 Å². The fourth-order valence-corrected chi connectivity index (χ4v) is 4.41. The molecule has 1 saturated carbocycles. The second-order valence-corrected chi connectivity index (χ2v) is 9.82. The number of halogens is 1. The lowest BCUT2D eigenvalue weighted by Gasteiger charge is -2.19. The van der Waals surface area contributed by atoms with E-state index in [1.807, 2.05) is 30.3 Å². The van der Waals surface area contributed by atoms with Crippen molar-refractivity contribution in [3.8, 4) is 0 Å². The van der Waals surface area contributed by atoms with Crippen LogP contribution in [0.25, 0.3) is 0 Å². The summed E-state index contributed by atoms with van der Waals surface area (Å²) in [5.41, 5.74) is 1.44. The number of hydrogen-bond acceptors (Lipinski definition) is 4. The van der Waals surface area contributed by atoms with Crippen LogP contribution < -0.4 is 15.4 Å². The molecule has 0 bridgehead atoms. The summed E-state index contributed by atoms with van der Waals surface area (Å²) < 4.78 is 40.4. The van der Waals surface area contributed by atoms with Crippen molar-refractivity contribution in [3.63, 3.8) is 0 Å². The molecule has 3 N–H and O–H groups in total. The molecule has 1 aliphatic carbocycles. The van der Waals surface area contributed by atoms with Crippen LogP contribution in [0.1, 0.15) is 28.8 Å². The van der Waals surface area contributed by atoms with Crippen molar-refractivity contribution in [2.24, 2.45) is 0 Å². The molecule has 7 nitrogen and oxygen atoms in total. The van der Waals surface area contributed by atoms with Crippen molar-refractivity contribution >= 4 is 27.5 Å². The quantitative estimate of drug-likeness (QED) is 0.436. The Kier molecular flexibility index (Phi) is 6.93. The van der Waals surface area contributed by atoms with Gasteiger partial charge in [0.1, 0.15) is 11.9 Å². The van der Waals surface area contributed by atoms with Crippen molar-refractivity contribution < 1.29 is 22.4 Å². The number of benzene rings is 3. The molecule has 34 heavy (non-hydrogen) atoms. The second-order valence-electron chi connectivity index (χ2n) is 8.14. The largest absolute Gasteiger partial charge is 0.352 e. The lowest BCUT2D eigenvalue weighted by molar-refractivity contribution is -0.123. The molecular weight excluding hydrogens is 457 g/mol. The topological polar surface area (TPSA) is 104 Å². The third kappa shape index (κ3) is 6.20. The van der Waals surface area contributed by atoms with Gasteiger partial charge in [0.2, 0.25) is 5.91 Å². The Morgan fingerprint density at radius 3 is 2.18 bits per heavy atom. The van der Waals surface area contributed by atoms with E-state index in [1.54, 1.807) is 0 Å². The van der Waals surface area contributed by atoms with Crippen LogP contribution >= 0.6 is 0 Å². The predicted octanol–water partition coefficient (Wildman–Crippen LogP) is 3.25. The standard InChI is InChI=1S/C25H24FN3O4S/c26-19-8-14-22(15-9-19)34(32,33)29-21-10-6-18(7-11-21)24(30)28-23(25(31)27-20-12-13-20)16-17-4-2-1-3-5-17/h1-11,14-15,20,23,29H,12-13,16H2,(H,27,31)(H,28,30). The van der Waals surface area contributed by atoms with Gasteiger partial charge in [-0.05, 0) is 66.9 Å². The molecule has 1 unspecified atom stereocenters. The first kappa shape index (κ1) is 23.4. The van der Waals surface area contributed by atoms with E-state index in [1.165, 1.54) is 36.4 Å². The molecule has 0 aliphatic heterocycles. The molecule has 3 aromatic rings. The fraction of sp³-hybridized carbons (Fsp3) is 0.200. The zero-order chi connectivity index (χ0) is 24.1. The van der Waals surface area contributed by atoms with Gasteiger partial charge in [-0.15, -0.1) is 0 Å². The summed E-state index contributed by atoms with van der Waals surface area (Å²) in [7, 11) is -3.90. The van der Waals surface area contributed by atoms with E-state index in [9.17, 15) is 22.4 Å². The van der Waals surface area contributed by atoms with Crippen LogP contribution in [0, 0.1) is 5.82 Å². The average molecular weight is 482 g/mol. The molecule has 1 aliphatic rings. The van der Waals surface area contributed by atoms with Crippen LogP contribution in [0.2, 0.25) is 0 Å². The van der Waals surface area contributed by atoms with Gasteiger partial charge in [0, 0.05) is 23.7 Å². The maximum Gasteiger partial charge on any atom is 0.261 e. The number of sulfonamides is 1. The first-order valence-corrected chi connectivity index (χ1v) is 12.3. The Labute approximate surface area is 197 Å². The zero-order valence-corrected chi connectivity index (χ0v) is 19.0. The fourth-order valence-electron chi connectivity index (χ4n) is 3.35. The minimum atomic E-state index is -3.90. The van der Waals surface area contributed by atoms with E-state index >= 15 is 0 Å². The van der Waals surface area contributed by atoms with E-state index in [4.69, 9.17) is 0 Å². The van der Waals surface area contributed by atoms with E-state index in [0.717, 1.165) is 30.5 Å².